The summed E-state index contributed by atoms with van der Waals surface area (Å²) in [6.07, 6.45) is 4.62. The lowest BCUT2D eigenvalue weighted by molar-refractivity contribution is -0.303. The first-order chi connectivity index (χ1) is 15.7. The van der Waals surface area contributed by atoms with E-state index < -0.39 is 35.0 Å². The number of esters is 1. The van der Waals surface area contributed by atoms with Gasteiger partial charge in [0.1, 0.15) is 6.10 Å². The van der Waals surface area contributed by atoms with Crippen molar-refractivity contribution in [2.24, 2.45) is 34.5 Å². The van der Waals surface area contributed by atoms with Crippen LogP contribution < -0.4 is 0 Å². The maximum Gasteiger partial charge on any atom is 0.334 e. The van der Waals surface area contributed by atoms with Gasteiger partial charge in [-0.25, -0.2) is 4.79 Å². The number of carbonyl (C=O) groups is 2. The van der Waals surface area contributed by atoms with Gasteiger partial charge < -0.3 is 19.3 Å². The van der Waals surface area contributed by atoms with Crippen molar-refractivity contribution in [3.63, 3.8) is 0 Å². The highest BCUT2D eigenvalue weighted by Crippen LogP contribution is 2.72. The van der Waals surface area contributed by atoms with Gasteiger partial charge in [0.15, 0.2) is 23.3 Å². The number of hydrogen-bond acceptors (Lipinski definition) is 6. The van der Waals surface area contributed by atoms with Crippen LogP contribution >= 0.6 is 0 Å². The molecule has 2 saturated carbocycles. The molecule has 0 aromatic heterocycles. The van der Waals surface area contributed by atoms with Crippen LogP contribution in [0.2, 0.25) is 0 Å². The Morgan fingerprint density at radius 2 is 1.94 bits per heavy atom. The third kappa shape index (κ3) is 2.85. The van der Waals surface area contributed by atoms with Crippen LogP contribution in [0.3, 0.4) is 0 Å². The molecule has 1 spiro atoms. The van der Waals surface area contributed by atoms with Gasteiger partial charge in [-0.3, -0.25) is 4.79 Å². The molecule has 5 rings (SSSR count). The average Bonchev–Trinajstić information content (AvgIpc) is 3.25. The third-order valence-corrected chi connectivity index (χ3v) is 9.65. The van der Waals surface area contributed by atoms with Gasteiger partial charge in [0.25, 0.3) is 0 Å². The normalized spacial score (nSPS) is 46.1. The second-order valence-electron chi connectivity index (χ2n) is 12.2. The van der Waals surface area contributed by atoms with Crippen LogP contribution in [0.15, 0.2) is 34.9 Å². The SMILES string of the molecule is C/C=C(/C)C(=O)O[C@H]1C(C)=C[C@@]23C(=O)[C@@H](C=C4COC(C)(C)O[C@H]4[C@]12O)[C@@H]1[C@H](C[C@H]3C)C1(C)C. The van der Waals surface area contributed by atoms with Crippen molar-refractivity contribution in [1.29, 1.82) is 0 Å². The van der Waals surface area contributed by atoms with E-state index in [-0.39, 0.29) is 35.6 Å². The molecule has 0 aromatic carbocycles. The molecule has 6 nitrogen and oxygen atoms in total. The number of hydrogen-bond donors (Lipinski definition) is 1. The summed E-state index contributed by atoms with van der Waals surface area (Å²) in [6, 6.07) is 0. The molecule has 1 saturated heterocycles. The number of aliphatic hydroxyl groups is 1. The van der Waals surface area contributed by atoms with Gasteiger partial charge in [-0.05, 0) is 75.4 Å². The number of allylic oxidation sites excluding steroid dienone is 2. The zero-order valence-electron chi connectivity index (χ0n) is 21.6. The summed E-state index contributed by atoms with van der Waals surface area (Å²) in [5, 5.41) is 12.9. The molecule has 2 bridgehead atoms. The second kappa shape index (κ2) is 7.14. The molecule has 0 aromatic rings. The maximum atomic E-state index is 14.6. The molecule has 5 aliphatic rings. The van der Waals surface area contributed by atoms with Crippen molar-refractivity contribution < 1.29 is 28.9 Å². The molecule has 1 heterocycles. The Kier molecular flexibility index (Phi) is 5.03. The van der Waals surface area contributed by atoms with Crippen molar-refractivity contribution in [3.05, 3.63) is 34.9 Å². The lowest BCUT2D eigenvalue weighted by atomic mass is 9.59. The molecule has 1 N–H and O–H groups in total. The first-order valence-electron chi connectivity index (χ1n) is 12.5. The molecule has 8 atom stereocenters. The molecular weight excluding hydrogens is 432 g/mol. The van der Waals surface area contributed by atoms with Gasteiger partial charge in [-0.15, -0.1) is 0 Å². The number of ketones is 1. The van der Waals surface area contributed by atoms with Crippen molar-refractivity contribution >= 4 is 11.8 Å². The molecule has 0 unspecified atom stereocenters. The Morgan fingerprint density at radius 3 is 2.59 bits per heavy atom. The van der Waals surface area contributed by atoms with Gasteiger partial charge in [-0.1, -0.05) is 39.0 Å². The topological polar surface area (TPSA) is 82.1 Å². The fraction of sp³-hybridized carbons (Fsp3) is 0.714. The Labute approximate surface area is 202 Å². The number of Topliss-reactive ketones (excluding diaryl/α,β-unsaturated/α-hetero) is 1. The van der Waals surface area contributed by atoms with Crippen molar-refractivity contribution in [1.82, 2.24) is 0 Å². The van der Waals surface area contributed by atoms with Crippen LogP contribution in [0.5, 0.6) is 0 Å². The zero-order valence-corrected chi connectivity index (χ0v) is 21.6. The Morgan fingerprint density at radius 1 is 1.26 bits per heavy atom. The number of rotatable bonds is 2. The lowest BCUT2D eigenvalue weighted by Crippen LogP contribution is -2.68. The molecule has 186 valence electrons. The number of ether oxygens (including phenoxy) is 3. The molecule has 34 heavy (non-hydrogen) atoms. The van der Waals surface area contributed by atoms with Gasteiger partial charge >= 0.3 is 5.97 Å². The first kappa shape index (κ1) is 24.0. The van der Waals surface area contributed by atoms with Crippen LogP contribution in [0, 0.1) is 34.5 Å². The fourth-order valence-electron chi connectivity index (χ4n) is 7.62. The van der Waals surface area contributed by atoms with E-state index in [9.17, 15) is 14.7 Å². The second-order valence-corrected chi connectivity index (χ2v) is 12.2. The van der Waals surface area contributed by atoms with Crippen LogP contribution in [0.4, 0.5) is 0 Å². The summed E-state index contributed by atoms with van der Waals surface area (Å²) in [7, 11) is 0. The minimum atomic E-state index is -1.76. The van der Waals surface area contributed by atoms with E-state index in [1.807, 2.05) is 32.9 Å². The predicted molar refractivity (Wildman–Crippen MR) is 126 cm³/mol. The lowest BCUT2D eigenvalue weighted by Gasteiger charge is -2.52. The van der Waals surface area contributed by atoms with E-state index in [4.69, 9.17) is 14.2 Å². The maximum absolute atomic E-state index is 14.6. The van der Waals surface area contributed by atoms with E-state index in [1.54, 1.807) is 19.9 Å². The number of carbonyl (C=O) groups excluding carboxylic acids is 2. The third-order valence-electron chi connectivity index (χ3n) is 9.65. The van der Waals surface area contributed by atoms with Gasteiger partial charge in [0.2, 0.25) is 0 Å². The minimum Gasteiger partial charge on any atom is -0.451 e. The largest absolute Gasteiger partial charge is 0.451 e. The van der Waals surface area contributed by atoms with E-state index in [0.29, 0.717) is 17.1 Å². The molecule has 0 radical (unpaired) electrons. The van der Waals surface area contributed by atoms with E-state index in [1.165, 1.54) is 0 Å². The van der Waals surface area contributed by atoms with Gasteiger partial charge in [0, 0.05) is 11.5 Å². The molecule has 3 fully saturated rings. The minimum absolute atomic E-state index is 0.0181. The molecule has 6 heteroatoms. The first-order valence-corrected chi connectivity index (χ1v) is 12.5. The predicted octanol–water partition coefficient (Wildman–Crippen LogP) is 4.13. The molecule has 1 aliphatic heterocycles. The quantitative estimate of drug-likeness (QED) is 0.371. The van der Waals surface area contributed by atoms with Crippen molar-refractivity contribution in [2.45, 2.75) is 85.4 Å². The van der Waals surface area contributed by atoms with Gasteiger partial charge in [0.05, 0.1) is 12.0 Å². The van der Waals surface area contributed by atoms with Crippen LogP contribution in [-0.2, 0) is 23.8 Å². The molecule has 4 aliphatic carbocycles. The highest BCUT2D eigenvalue weighted by Gasteiger charge is 2.77. The van der Waals surface area contributed by atoms with Crippen molar-refractivity contribution in [2.75, 3.05) is 6.61 Å². The standard InChI is InChI=1S/C28H38O6/c1-9-14(2)24(30)33-22-15(3)12-27-16(4)10-19-20(25(19,5)6)18(21(27)29)11-17-13-32-26(7,8)34-23(17)28(22,27)31/h9,11-12,16,18-20,22-23,31H,10,13H2,1-8H3/b14-9-/t16-,18+,19+,20-,22+,23-,27-,28-/m1/s1. The summed E-state index contributed by atoms with van der Waals surface area (Å²) in [5.41, 5.74) is -0.994. The summed E-state index contributed by atoms with van der Waals surface area (Å²) in [4.78, 5) is 27.5. The number of fused-ring (bicyclic) bond motifs is 5. The summed E-state index contributed by atoms with van der Waals surface area (Å²) < 4.78 is 18.4. The highest BCUT2D eigenvalue weighted by atomic mass is 16.7. The highest BCUT2D eigenvalue weighted by molar-refractivity contribution is 5.96. The van der Waals surface area contributed by atoms with E-state index in [2.05, 4.69) is 20.8 Å². The van der Waals surface area contributed by atoms with Crippen LogP contribution in [0.1, 0.15) is 61.8 Å². The van der Waals surface area contributed by atoms with Crippen molar-refractivity contribution in [3.8, 4) is 0 Å². The van der Waals surface area contributed by atoms with E-state index in [0.717, 1.165) is 12.0 Å². The fourth-order valence-corrected chi connectivity index (χ4v) is 7.62. The average molecular weight is 471 g/mol. The zero-order chi connectivity index (χ0) is 25.0. The Hall–Kier alpha value is -1.76. The summed E-state index contributed by atoms with van der Waals surface area (Å²) in [5.74, 6) is -1.30. The summed E-state index contributed by atoms with van der Waals surface area (Å²) >= 11 is 0. The monoisotopic (exact) mass is 470 g/mol. The van der Waals surface area contributed by atoms with Crippen LogP contribution in [0.25, 0.3) is 0 Å². The summed E-state index contributed by atoms with van der Waals surface area (Å²) in [6.45, 7) is 15.8. The van der Waals surface area contributed by atoms with Crippen LogP contribution in [-0.4, -0.2) is 47.1 Å². The smallest absolute Gasteiger partial charge is 0.334 e. The Bertz CT molecular complexity index is 1050. The molecular formula is C28H38O6. The van der Waals surface area contributed by atoms with Gasteiger partial charge in [-0.2, -0.15) is 0 Å². The molecule has 0 amide bonds. The van der Waals surface area contributed by atoms with E-state index >= 15 is 0 Å². The Balaban J connectivity index is 1.72.